The van der Waals surface area contributed by atoms with Crippen molar-refractivity contribution in [3.8, 4) is 0 Å². The molecule has 14 heavy (non-hydrogen) atoms. The second kappa shape index (κ2) is 4.09. The third kappa shape index (κ3) is 2.45. The summed E-state index contributed by atoms with van der Waals surface area (Å²) in [5, 5.41) is 0. The first-order valence-corrected chi connectivity index (χ1v) is 4.33. The highest BCUT2D eigenvalue weighted by Crippen LogP contribution is 2.16. The molecule has 1 amide bonds. The van der Waals surface area contributed by atoms with Crippen molar-refractivity contribution >= 4 is 17.6 Å². The third-order valence-electron chi connectivity index (χ3n) is 1.83. The average molecular weight is 195 g/mol. The van der Waals surface area contributed by atoms with Crippen LogP contribution < -0.4 is 4.90 Å². The van der Waals surface area contributed by atoms with Gasteiger partial charge in [-0.1, -0.05) is 0 Å². The van der Waals surface area contributed by atoms with Gasteiger partial charge in [0.15, 0.2) is 0 Å². The topological polar surface area (TPSA) is 50.5 Å². The van der Waals surface area contributed by atoms with Gasteiger partial charge in [0.1, 0.15) is 11.5 Å². The van der Waals surface area contributed by atoms with Crippen molar-refractivity contribution < 1.29 is 14.0 Å². The molecular weight excluding hydrogens is 182 g/mol. The van der Waals surface area contributed by atoms with E-state index in [1.165, 1.54) is 11.8 Å². The molecule has 0 aliphatic heterocycles. The maximum atomic E-state index is 11.4. The van der Waals surface area contributed by atoms with Gasteiger partial charge in [0.05, 0.1) is 6.42 Å². The second-order valence-electron chi connectivity index (χ2n) is 3.22. The van der Waals surface area contributed by atoms with E-state index in [1.807, 2.05) is 0 Å². The number of rotatable bonds is 3. The Kier molecular flexibility index (Phi) is 3.06. The van der Waals surface area contributed by atoms with Crippen LogP contribution >= 0.6 is 0 Å². The zero-order valence-electron chi connectivity index (χ0n) is 8.53. The van der Waals surface area contributed by atoms with Crippen LogP contribution in [-0.2, 0) is 9.59 Å². The predicted molar refractivity (Wildman–Crippen MR) is 52.2 cm³/mol. The Morgan fingerprint density at radius 2 is 2.07 bits per heavy atom. The first-order valence-electron chi connectivity index (χ1n) is 4.33. The van der Waals surface area contributed by atoms with Gasteiger partial charge < -0.3 is 4.42 Å². The molecule has 0 spiro atoms. The van der Waals surface area contributed by atoms with Crippen LogP contribution in [0.2, 0.25) is 0 Å². The fourth-order valence-corrected chi connectivity index (χ4v) is 1.06. The molecule has 0 aliphatic rings. The van der Waals surface area contributed by atoms with E-state index in [1.54, 1.807) is 26.1 Å². The molecule has 1 aromatic heterocycles. The quantitative estimate of drug-likeness (QED) is 0.687. The summed E-state index contributed by atoms with van der Waals surface area (Å²) in [6.45, 7) is 3.19. The van der Waals surface area contributed by atoms with Gasteiger partial charge in [0, 0.05) is 13.1 Å². The summed E-state index contributed by atoms with van der Waals surface area (Å²) in [5.41, 5.74) is 0. The molecule has 0 aliphatic carbocycles. The van der Waals surface area contributed by atoms with Crippen LogP contribution in [0.4, 0.5) is 5.88 Å². The first kappa shape index (κ1) is 10.5. The molecular formula is C10H13NO3. The van der Waals surface area contributed by atoms with Crippen LogP contribution in [0.3, 0.4) is 0 Å². The van der Waals surface area contributed by atoms with Gasteiger partial charge in [0.2, 0.25) is 11.8 Å². The first-order chi connectivity index (χ1) is 6.50. The lowest BCUT2D eigenvalue weighted by atomic mass is 10.3. The molecule has 0 N–H and O–H groups in total. The number of amides is 1. The molecule has 76 valence electrons. The highest BCUT2D eigenvalue weighted by atomic mass is 16.4. The van der Waals surface area contributed by atoms with Crippen LogP contribution in [0, 0.1) is 6.92 Å². The van der Waals surface area contributed by atoms with Crippen molar-refractivity contribution in [2.45, 2.75) is 20.3 Å². The summed E-state index contributed by atoms with van der Waals surface area (Å²) in [5.74, 6) is 0.799. The summed E-state index contributed by atoms with van der Waals surface area (Å²) in [7, 11) is 1.59. The lowest BCUT2D eigenvalue weighted by molar-refractivity contribution is -0.125. The van der Waals surface area contributed by atoms with Crippen LogP contribution in [0.5, 0.6) is 0 Å². The summed E-state index contributed by atoms with van der Waals surface area (Å²) < 4.78 is 5.24. The lowest BCUT2D eigenvalue weighted by Gasteiger charge is -2.12. The Bertz CT molecular complexity index is 354. The Hall–Kier alpha value is -1.58. The zero-order valence-corrected chi connectivity index (χ0v) is 8.53. The van der Waals surface area contributed by atoms with Gasteiger partial charge in [0.25, 0.3) is 0 Å². The van der Waals surface area contributed by atoms with Crippen molar-refractivity contribution in [2.24, 2.45) is 0 Å². The standard InChI is InChI=1S/C10H13NO3/c1-7(12)6-9(13)11(3)10-5-4-8(2)14-10/h4-5H,6H2,1-3H3. The predicted octanol–water partition coefficient (Wildman–Crippen LogP) is 1.53. The van der Waals surface area contributed by atoms with E-state index in [4.69, 9.17) is 4.42 Å². The maximum Gasteiger partial charge on any atom is 0.236 e. The van der Waals surface area contributed by atoms with E-state index in [2.05, 4.69) is 0 Å². The molecule has 4 heteroatoms. The largest absolute Gasteiger partial charge is 0.445 e. The fourth-order valence-electron chi connectivity index (χ4n) is 1.06. The van der Waals surface area contributed by atoms with Gasteiger partial charge in [-0.2, -0.15) is 0 Å². The third-order valence-corrected chi connectivity index (χ3v) is 1.83. The van der Waals surface area contributed by atoms with E-state index in [0.29, 0.717) is 5.88 Å². The van der Waals surface area contributed by atoms with Crippen LogP contribution in [0.1, 0.15) is 19.1 Å². The van der Waals surface area contributed by atoms with Crippen molar-refractivity contribution in [1.82, 2.24) is 0 Å². The van der Waals surface area contributed by atoms with Crippen LogP contribution in [-0.4, -0.2) is 18.7 Å². The second-order valence-corrected chi connectivity index (χ2v) is 3.22. The van der Waals surface area contributed by atoms with Gasteiger partial charge in [-0.05, 0) is 19.9 Å². The number of carbonyl (C=O) groups excluding carboxylic acids is 2. The summed E-state index contributed by atoms with van der Waals surface area (Å²) in [4.78, 5) is 23.5. The molecule has 0 fully saturated rings. The summed E-state index contributed by atoms with van der Waals surface area (Å²) in [6.07, 6.45) is -0.0871. The normalized spacial score (nSPS) is 9.93. The number of hydrogen-bond acceptors (Lipinski definition) is 3. The molecule has 0 aromatic carbocycles. The van der Waals surface area contributed by atoms with Gasteiger partial charge in [-0.15, -0.1) is 0 Å². The molecule has 0 radical (unpaired) electrons. The number of Topliss-reactive ketones (excluding diaryl/α,β-unsaturated/α-hetero) is 1. The number of nitrogens with zero attached hydrogens (tertiary/aromatic N) is 1. The number of ketones is 1. The molecule has 1 aromatic rings. The van der Waals surface area contributed by atoms with E-state index in [-0.39, 0.29) is 18.1 Å². The van der Waals surface area contributed by atoms with Gasteiger partial charge in [-0.3, -0.25) is 14.5 Å². The van der Waals surface area contributed by atoms with E-state index in [9.17, 15) is 9.59 Å². The monoisotopic (exact) mass is 195 g/mol. The van der Waals surface area contributed by atoms with E-state index in [0.717, 1.165) is 5.76 Å². The number of aryl methyl sites for hydroxylation is 1. The van der Waals surface area contributed by atoms with E-state index < -0.39 is 0 Å². The molecule has 1 heterocycles. The number of furan rings is 1. The minimum absolute atomic E-state index is 0.0871. The van der Waals surface area contributed by atoms with E-state index >= 15 is 0 Å². The van der Waals surface area contributed by atoms with Crippen LogP contribution in [0.25, 0.3) is 0 Å². The smallest absolute Gasteiger partial charge is 0.236 e. The van der Waals surface area contributed by atoms with Crippen molar-refractivity contribution in [3.63, 3.8) is 0 Å². The molecule has 0 saturated carbocycles. The number of carbonyl (C=O) groups is 2. The Labute approximate surface area is 82.5 Å². The van der Waals surface area contributed by atoms with Crippen molar-refractivity contribution in [1.29, 1.82) is 0 Å². The molecule has 0 atom stereocenters. The number of anilines is 1. The molecule has 0 saturated heterocycles. The minimum Gasteiger partial charge on any atom is -0.445 e. The molecule has 0 unspecified atom stereocenters. The maximum absolute atomic E-state index is 11.4. The number of hydrogen-bond donors (Lipinski definition) is 0. The zero-order chi connectivity index (χ0) is 10.7. The molecule has 4 nitrogen and oxygen atoms in total. The Morgan fingerprint density at radius 3 is 2.50 bits per heavy atom. The van der Waals surface area contributed by atoms with Gasteiger partial charge in [-0.25, -0.2) is 0 Å². The molecule has 0 bridgehead atoms. The van der Waals surface area contributed by atoms with Crippen molar-refractivity contribution in [3.05, 3.63) is 17.9 Å². The fraction of sp³-hybridized carbons (Fsp3) is 0.400. The average Bonchev–Trinajstić information content (AvgIpc) is 2.49. The highest BCUT2D eigenvalue weighted by molar-refractivity contribution is 6.04. The molecule has 1 rings (SSSR count). The Morgan fingerprint density at radius 1 is 1.43 bits per heavy atom. The highest BCUT2D eigenvalue weighted by Gasteiger charge is 2.15. The Balaban J connectivity index is 2.70. The summed E-state index contributed by atoms with van der Waals surface area (Å²) in [6, 6.07) is 3.47. The van der Waals surface area contributed by atoms with Gasteiger partial charge >= 0.3 is 0 Å². The van der Waals surface area contributed by atoms with Crippen molar-refractivity contribution in [2.75, 3.05) is 11.9 Å². The SMILES string of the molecule is CC(=O)CC(=O)N(C)c1ccc(C)o1. The minimum atomic E-state index is -0.258. The van der Waals surface area contributed by atoms with Crippen LogP contribution in [0.15, 0.2) is 16.5 Å². The lowest BCUT2D eigenvalue weighted by Crippen LogP contribution is -2.27. The summed E-state index contributed by atoms with van der Waals surface area (Å²) >= 11 is 0.